The molecule has 0 aliphatic heterocycles. The zero-order chi connectivity index (χ0) is 12.7. The predicted octanol–water partition coefficient (Wildman–Crippen LogP) is 5.67. The van der Waals surface area contributed by atoms with Crippen molar-refractivity contribution in [3.63, 3.8) is 0 Å². The van der Waals surface area contributed by atoms with Gasteiger partial charge >= 0.3 is 0 Å². The molecular weight excluding hydrogens is 381 g/mol. The van der Waals surface area contributed by atoms with Crippen molar-refractivity contribution in [3.8, 4) is 11.5 Å². The molecule has 0 N–H and O–H groups in total. The summed E-state index contributed by atoms with van der Waals surface area (Å²) in [5.74, 6) is 0.576. The molecule has 0 spiro atoms. The normalized spacial score (nSPS) is 11.1. The van der Waals surface area contributed by atoms with Crippen LogP contribution in [0.4, 0.5) is 0 Å². The predicted molar refractivity (Wildman–Crippen MR) is 79.9 cm³/mol. The van der Waals surface area contributed by atoms with Crippen LogP contribution in [0.2, 0.25) is 5.02 Å². The molecule has 0 atom stereocenters. The van der Waals surface area contributed by atoms with Crippen molar-refractivity contribution in [1.82, 2.24) is 4.98 Å². The van der Waals surface area contributed by atoms with Crippen molar-refractivity contribution >= 4 is 54.6 Å². The number of benzene rings is 2. The molecule has 0 saturated carbocycles. The van der Waals surface area contributed by atoms with Crippen LogP contribution in [0.1, 0.15) is 0 Å². The van der Waals surface area contributed by atoms with Crippen LogP contribution in [-0.2, 0) is 0 Å². The van der Waals surface area contributed by atoms with Crippen molar-refractivity contribution in [2.45, 2.75) is 0 Å². The van der Waals surface area contributed by atoms with Crippen LogP contribution in [0, 0.1) is 0 Å². The van der Waals surface area contributed by atoms with Crippen LogP contribution in [0.25, 0.3) is 22.6 Å². The first-order valence-electron chi connectivity index (χ1n) is 5.15. The summed E-state index contributed by atoms with van der Waals surface area (Å²) in [6.45, 7) is 0. The quantitative estimate of drug-likeness (QED) is 0.537. The van der Waals surface area contributed by atoms with Gasteiger partial charge in [-0.2, -0.15) is 0 Å². The molecule has 18 heavy (non-hydrogen) atoms. The van der Waals surface area contributed by atoms with Gasteiger partial charge < -0.3 is 4.42 Å². The smallest absolute Gasteiger partial charge is 0.228 e. The minimum Gasteiger partial charge on any atom is -0.436 e. The van der Waals surface area contributed by atoms with Crippen LogP contribution in [0.5, 0.6) is 0 Å². The van der Waals surface area contributed by atoms with Gasteiger partial charge in [0.05, 0.1) is 5.56 Å². The molecule has 0 bridgehead atoms. The fraction of sp³-hybridized carbons (Fsp3) is 0. The summed E-state index contributed by atoms with van der Waals surface area (Å²) in [7, 11) is 0. The maximum absolute atomic E-state index is 5.93. The van der Waals surface area contributed by atoms with Gasteiger partial charge in [-0.1, -0.05) is 27.5 Å². The van der Waals surface area contributed by atoms with E-state index in [-0.39, 0.29) is 0 Å². The number of nitrogens with zero attached hydrogens (tertiary/aromatic N) is 1. The third-order valence-corrected chi connectivity index (χ3v) is 3.90. The lowest BCUT2D eigenvalue weighted by molar-refractivity contribution is 0.619. The number of hydrogen-bond donors (Lipinski definition) is 0. The zero-order valence-electron chi connectivity index (χ0n) is 8.95. The lowest BCUT2D eigenvalue weighted by atomic mass is 10.2. The Morgan fingerprint density at radius 3 is 2.67 bits per heavy atom. The molecule has 0 fully saturated rings. The number of hydrogen-bond acceptors (Lipinski definition) is 2. The summed E-state index contributed by atoms with van der Waals surface area (Å²) in [5.41, 5.74) is 2.39. The number of halogens is 3. The average molecular weight is 387 g/mol. The second kappa shape index (κ2) is 4.68. The van der Waals surface area contributed by atoms with E-state index >= 15 is 0 Å². The molecule has 0 amide bonds. The summed E-state index contributed by atoms with van der Waals surface area (Å²) in [4.78, 5) is 4.44. The number of rotatable bonds is 1. The van der Waals surface area contributed by atoms with Crippen molar-refractivity contribution < 1.29 is 4.42 Å². The van der Waals surface area contributed by atoms with Gasteiger partial charge in [0.25, 0.3) is 0 Å². The molecule has 3 aromatic rings. The molecule has 2 nitrogen and oxygen atoms in total. The summed E-state index contributed by atoms with van der Waals surface area (Å²) in [5, 5.41) is 0.650. The fourth-order valence-electron chi connectivity index (χ4n) is 1.68. The van der Waals surface area contributed by atoms with E-state index in [1.807, 2.05) is 24.3 Å². The van der Waals surface area contributed by atoms with E-state index < -0.39 is 0 Å². The number of oxazole rings is 1. The average Bonchev–Trinajstić information content (AvgIpc) is 2.71. The first-order chi connectivity index (χ1) is 8.63. The Morgan fingerprint density at radius 1 is 1.06 bits per heavy atom. The molecule has 3 rings (SSSR count). The van der Waals surface area contributed by atoms with E-state index in [4.69, 9.17) is 16.0 Å². The summed E-state index contributed by atoms with van der Waals surface area (Å²) in [6.07, 6.45) is 0. The highest BCUT2D eigenvalue weighted by molar-refractivity contribution is 9.11. The molecule has 1 aromatic heterocycles. The third-order valence-electron chi connectivity index (χ3n) is 2.51. The minimum atomic E-state index is 0.576. The lowest BCUT2D eigenvalue weighted by Gasteiger charge is -1.99. The van der Waals surface area contributed by atoms with Crippen LogP contribution in [0.3, 0.4) is 0 Å². The molecule has 2 aromatic carbocycles. The van der Waals surface area contributed by atoms with Crippen LogP contribution < -0.4 is 0 Å². The Bertz CT molecular complexity index is 739. The van der Waals surface area contributed by atoms with E-state index in [1.54, 1.807) is 12.1 Å². The van der Waals surface area contributed by atoms with Gasteiger partial charge in [0.2, 0.25) is 5.89 Å². The van der Waals surface area contributed by atoms with Crippen molar-refractivity contribution in [3.05, 3.63) is 50.4 Å². The van der Waals surface area contributed by atoms with E-state index in [2.05, 4.69) is 36.8 Å². The molecule has 0 aliphatic carbocycles. The van der Waals surface area contributed by atoms with E-state index in [1.165, 1.54) is 0 Å². The highest BCUT2D eigenvalue weighted by Crippen LogP contribution is 2.32. The van der Waals surface area contributed by atoms with Crippen molar-refractivity contribution in [1.29, 1.82) is 0 Å². The summed E-state index contributed by atoms with van der Waals surface area (Å²) in [6, 6.07) is 11.2. The van der Waals surface area contributed by atoms with Gasteiger partial charge in [-0.3, -0.25) is 0 Å². The molecule has 1 heterocycles. The van der Waals surface area contributed by atoms with Crippen LogP contribution >= 0.6 is 43.5 Å². The molecule has 0 aliphatic rings. The van der Waals surface area contributed by atoms with Gasteiger partial charge in [-0.15, -0.1) is 0 Å². The van der Waals surface area contributed by atoms with Crippen LogP contribution in [-0.4, -0.2) is 4.98 Å². The first kappa shape index (κ1) is 12.2. The molecule has 0 radical (unpaired) electrons. The Kier molecular flexibility index (Phi) is 3.18. The second-order valence-corrected chi connectivity index (χ2v) is 5.96. The first-order valence-corrected chi connectivity index (χ1v) is 7.11. The Balaban J connectivity index is 2.19. The number of aromatic nitrogens is 1. The summed E-state index contributed by atoms with van der Waals surface area (Å²) < 4.78 is 7.64. The van der Waals surface area contributed by atoms with Gasteiger partial charge in [0.1, 0.15) is 5.52 Å². The molecule has 5 heteroatoms. The van der Waals surface area contributed by atoms with E-state index in [0.717, 1.165) is 25.6 Å². The molecule has 0 saturated heterocycles. The van der Waals surface area contributed by atoms with Gasteiger partial charge in [0, 0.05) is 14.0 Å². The number of fused-ring (bicyclic) bond motifs is 1. The molecule has 90 valence electrons. The topological polar surface area (TPSA) is 26.0 Å². The maximum Gasteiger partial charge on any atom is 0.228 e. The second-order valence-electron chi connectivity index (χ2n) is 3.76. The highest BCUT2D eigenvalue weighted by atomic mass is 79.9. The summed E-state index contributed by atoms with van der Waals surface area (Å²) >= 11 is 12.8. The Labute approximate surface area is 125 Å². The van der Waals surface area contributed by atoms with Crippen molar-refractivity contribution in [2.75, 3.05) is 0 Å². The Morgan fingerprint density at radius 2 is 1.89 bits per heavy atom. The van der Waals surface area contributed by atoms with E-state index in [9.17, 15) is 0 Å². The highest BCUT2D eigenvalue weighted by Gasteiger charge is 2.11. The Hall–Kier alpha value is -0.840. The largest absolute Gasteiger partial charge is 0.436 e. The maximum atomic E-state index is 5.93. The van der Waals surface area contributed by atoms with Crippen LogP contribution in [0.15, 0.2) is 49.8 Å². The standard InChI is InChI=1S/C13H6Br2ClNO/c14-7-1-3-9(10(15)5-7)13-17-11-6-8(16)2-4-12(11)18-13/h1-6H. The fourth-order valence-corrected chi connectivity index (χ4v) is 3.06. The minimum absolute atomic E-state index is 0.576. The van der Waals surface area contributed by atoms with Gasteiger partial charge in [0.15, 0.2) is 5.58 Å². The SMILES string of the molecule is Clc1ccc2oc(-c3ccc(Br)cc3Br)nc2c1. The molecular formula is C13H6Br2ClNO. The zero-order valence-corrected chi connectivity index (χ0v) is 12.9. The molecule has 0 unspecified atom stereocenters. The van der Waals surface area contributed by atoms with E-state index in [0.29, 0.717) is 10.9 Å². The van der Waals surface area contributed by atoms with Gasteiger partial charge in [-0.05, 0) is 52.3 Å². The van der Waals surface area contributed by atoms with Crippen molar-refractivity contribution in [2.24, 2.45) is 0 Å². The lowest BCUT2D eigenvalue weighted by Crippen LogP contribution is -1.79. The van der Waals surface area contributed by atoms with Gasteiger partial charge in [-0.25, -0.2) is 4.98 Å². The third kappa shape index (κ3) is 2.20. The monoisotopic (exact) mass is 385 g/mol.